The number of aromatic nitrogens is 2. The fourth-order valence-corrected chi connectivity index (χ4v) is 3.16. The van der Waals surface area contributed by atoms with E-state index in [1.165, 1.54) is 25.1 Å². The third-order valence-corrected chi connectivity index (χ3v) is 4.83. The highest BCUT2D eigenvalue weighted by atomic mass is 32.2. The number of benzene rings is 1. The lowest BCUT2D eigenvalue weighted by molar-refractivity contribution is -0.385. The number of nitro benzene ring substituents is 1. The van der Waals surface area contributed by atoms with Gasteiger partial charge in [-0.25, -0.2) is 0 Å². The van der Waals surface area contributed by atoms with Crippen molar-refractivity contribution in [2.24, 2.45) is 0 Å². The minimum absolute atomic E-state index is 0.0239. The van der Waals surface area contributed by atoms with Gasteiger partial charge in [-0.05, 0) is 26.8 Å². The van der Waals surface area contributed by atoms with Crippen LogP contribution >= 0.6 is 11.8 Å². The molecule has 1 heterocycles. The fraction of sp³-hybridized carbons (Fsp3) is 0.412. The van der Waals surface area contributed by atoms with Crippen molar-refractivity contribution in [2.75, 3.05) is 18.8 Å². The highest BCUT2D eigenvalue weighted by Crippen LogP contribution is 2.21. The summed E-state index contributed by atoms with van der Waals surface area (Å²) in [5, 5.41) is 21.5. The zero-order chi connectivity index (χ0) is 20.7. The van der Waals surface area contributed by atoms with Gasteiger partial charge in [0.1, 0.15) is 0 Å². The molecule has 0 aliphatic rings. The van der Waals surface area contributed by atoms with Gasteiger partial charge in [-0.15, -0.1) is 10.2 Å². The zero-order valence-corrected chi connectivity index (χ0v) is 16.6. The Kier molecular flexibility index (Phi) is 7.50. The van der Waals surface area contributed by atoms with Crippen LogP contribution in [0.2, 0.25) is 0 Å². The quantitative estimate of drug-likeness (QED) is 0.380. The highest BCUT2D eigenvalue weighted by molar-refractivity contribution is 7.99. The van der Waals surface area contributed by atoms with Gasteiger partial charge in [-0.3, -0.25) is 19.7 Å². The molecular weight excluding hydrogens is 386 g/mol. The van der Waals surface area contributed by atoms with Crippen molar-refractivity contribution in [3.63, 3.8) is 0 Å². The van der Waals surface area contributed by atoms with E-state index in [1.54, 1.807) is 4.90 Å². The maximum atomic E-state index is 12.3. The summed E-state index contributed by atoms with van der Waals surface area (Å²) in [6, 6.07) is 4.30. The number of amides is 2. The van der Waals surface area contributed by atoms with Crippen LogP contribution < -0.4 is 5.32 Å². The number of nitrogens with one attached hydrogen (secondary N) is 1. The van der Waals surface area contributed by atoms with Crippen LogP contribution in [0, 0.1) is 17.0 Å². The molecular formula is C17H21N5O5S. The average Bonchev–Trinajstić information content (AvgIpc) is 3.13. The van der Waals surface area contributed by atoms with Crippen LogP contribution in [0.4, 0.5) is 5.69 Å². The number of rotatable bonds is 9. The van der Waals surface area contributed by atoms with E-state index >= 15 is 0 Å². The molecule has 11 heteroatoms. The molecule has 0 saturated heterocycles. The van der Waals surface area contributed by atoms with Crippen molar-refractivity contribution in [3.05, 3.63) is 45.3 Å². The van der Waals surface area contributed by atoms with Crippen molar-refractivity contribution in [2.45, 2.75) is 32.5 Å². The predicted octanol–water partition coefficient (Wildman–Crippen LogP) is 2.18. The standard InChI is InChI=1S/C17H21N5O5S/c1-4-21(5-2)15(23)10-28-17-20-19-14(27-17)9-18-16(24)12-7-6-8-13(11(12)3)22(25)26/h6-8H,4-5,9-10H2,1-3H3,(H,18,24). The molecule has 1 aromatic heterocycles. The van der Waals surface area contributed by atoms with Crippen LogP contribution in [0.1, 0.15) is 35.7 Å². The molecule has 0 atom stereocenters. The summed E-state index contributed by atoms with van der Waals surface area (Å²) in [4.78, 5) is 36.4. The number of carbonyl (C=O) groups is 2. The lowest BCUT2D eigenvalue weighted by atomic mass is 10.1. The van der Waals surface area contributed by atoms with Gasteiger partial charge in [0.05, 0.1) is 17.2 Å². The molecule has 0 aliphatic heterocycles. The third kappa shape index (κ3) is 5.28. The van der Waals surface area contributed by atoms with Gasteiger partial charge in [0, 0.05) is 30.3 Å². The number of hydrogen-bond donors (Lipinski definition) is 1. The molecule has 2 aromatic rings. The molecule has 1 aromatic carbocycles. The maximum Gasteiger partial charge on any atom is 0.277 e. The second kappa shape index (κ2) is 9.83. The second-order valence-corrected chi connectivity index (χ2v) is 6.63. The molecule has 150 valence electrons. The lowest BCUT2D eigenvalue weighted by Crippen LogP contribution is -2.31. The molecule has 2 amide bonds. The SMILES string of the molecule is CCN(CC)C(=O)CSc1nnc(CNC(=O)c2cccc([N+](=O)[O-])c2C)o1. The summed E-state index contributed by atoms with van der Waals surface area (Å²) in [6.07, 6.45) is 0. The van der Waals surface area contributed by atoms with Crippen molar-refractivity contribution in [1.29, 1.82) is 0 Å². The predicted molar refractivity (Wildman–Crippen MR) is 102 cm³/mol. The van der Waals surface area contributed by atoms with Gasteiger partial charge in [-0.2, -0.15) is 0 Å². The van der Waals surface area contributed by atoms with Crippen LogP contribution in [0.25, 0.3) is 0 Å². The van der Waals surface area contributed by atoms with E-state index in [0.717, 1.165) is 11.8 Å². The number of nitro groups is 1. The summed E-state index contributed by atoms with van der Waals surface area (Å²) in [5.41, 5.74) is 0.358. The van der Waals surface area contributed by atoms with Gasteiger partial charge in [0.2, 0.25) is 11.8 Å². The average molecular weight is 407 g/mol. The molecule has 0 aliphatic carbocycles. The number of nitrogens with zero attached hydrogens (tertiary/aromatic N) is 4. The molecule has 0 radical (unpaired) electrons. The van der Waals surface area contributed by atoms with Crippen LogP contribution in [0.5, 0.6) is 0 Å². The Bertz CT molecular complexity index is 865. The van der Waals surface area contributed by atoms with Crippen molar-refractivity contribution in [1.82, 2.24) is 20.4 Å². The van der Waals surface area contributed by atoms with Crippen LogP contribution in [0.3, 0.4) is 0 Å². The van der Waals surface area contributed by atoms with E-state index in [1.807, 2.05) is 13.8 Å². The fourth-order valence-electron chi connectivity index (χ4n) is 2.48. The molecule has 0 unspecified atom stereocenters. The number of hydrogen-bond acceptors (Lipinski definition) is 8. The van der Waals surface area contributed by atoms with E-state index in [-0.39, 0.29) is 46.1 Å². The Hall–Kier alpha value is -2.95. The molecule has 1 N–H and O–H groups in total. The van der Waals surface area contributed by atoms with Gasteiger partial charge >= 0.3 is 0 Å². The second-order valence-electron chi connectivity index (χ2n) is 5.71. The first-order valence-corrected chi connectivity index (χ1v) is 9.61. The summed E-state index contributed by atoms with van der Waals surface area (Å²) < 4.78 is 5.41. The van der Waals surface area contributed by atoms with Crippen molar-refractivity contribution < 1.29 is 18.9 Å². The first-order chi connectivity index (χ1) is 13.4. The number of thioether (sulfide) groups is 1. The van der Waals surface area contributed by atoms with Crippen LogP contribution in [-0.2, 0) is 11.3 Å². The van der Waals surface area contributed by atoms with E-state index in [9.17, 15) is 19.7 Å². The Morgan fingerprint density at radius 2 is 2.00 bits per heavy atom. The largest absolute Gasteiger partial charge is 0.414 e. The molecule has 2 rings (SSSR count). The monoisotopic (exact) mass is 407 g/mol. The van der Waals surface area contributed by atoms with E-state index in [0.29, 0.717) is 13.1 Å². The van der Waals surface area contributed by atoms with E-state index in [2.05, 4.69) is 15.5 Å². The van der Waals surface area contributed by atoms with Gasteiger partial charge in [-0.1, -0.05) is 17.8 Å². The van der Waals surface area contributed by atoms with Gasteiger partial charge in [0.25, 0.3) is 16.8 Å². The van der Waals surface area contributed by atoms with Crippen molar-refractivity contribution in [3.8, 4) is 0 Å². The van der Waals surface area contributed by atoms with E-state index in [4.69, 9.17) is 4.42 Å². The highest BCUT2D eigenvalue weighted by Gasteiger charge is 2.19. The maximum absolute atomic E-state index is 12.3. The normalized spacial score (nSPS) is 10.5. The first kappa shape index (κ1) is 21.4. The zero-order valence-electron chi connectivity index (χ0n) is 15.8. The third-order valence-electron chi connectivity index (χ3n) is 4.03. The Labute approximate surface area is 165 Å². The Morgan fingerprint density at radius 3 is 2.64 bits per heavy atom. The smallest absolute Gasteiger partial charge is 0.277 e. The summed E-state index contributed by atoms with van der Waals surface area (Å²) in [6.45, 7) is 6.56. The van der Waals surface area contributed by atoms with Gasteiger partial charge < -0.3 is 14.6 Å². The lowest BCUT2D eigenvalue weighted by Gasteiger charge is -2.17. The molecule has 0 bridgehead atoms. The Morgan fingerprint density at radius 1 is 1.29 bits per heavy atom. The molecule has 0 spiro atoms. The number of carbonyl (C=O) groups excluding carboxylic acids is 2. The topological polar surface area (TPSA) is 131 Å². The molecule has 0 fully saturated rings. The summed E-state index contributed by atoms with van der Waals surface area (Å²) in [7, 11) is 0. The molecule has 10 nitrogen and oxygen atoms in total. The molecule has 28 heavy (non-hydrogen) atoms. The summed E-state index contributed by atoms with van der Waals surface area (Å²) >= 11 is 1.13. The Balaban J connectivity index is 1.92. The minimum atomic E-state index is -0.535. The molecule has 0 saturated carbocycles. The van der Waals surface area contributed by atoms with E-state index < -0.39 is 10.8 Å². The first-order valence-electron chi connectivity index (χ1n) is 8.62. The minimum Gasteiger partial charge on any atom is -0.414 e. The van der Waals surface area contributed by atoms with Gasteiger partial charge in [0.15, 0.2) is 0 Å². The summed E-state index contributed by atoms with van der Waals surface area (Å²) in [5.74, 6) is -0.147. The van der Waals surface area contributed by atoms with Crippen LogP contribution in [0.15, 0.2) is 27.8 Å². The van der Waals surface area contributed by atoms with Crippen LogP contribution in [-0.4, -0.2) is 50.7 Å². The van der Waals surface area contributed by atoms with Crippen molar-refractivity contribution >= 4 is 29.3 Å².